The summed E-state index contributed by atoms with van der Waals surface area (Å²) in [7, 11) is 0. The molecule has 0 radical (unpaired) electrons. The largest absolute Gasteiger partial charge is 0.336 e. The summed E-state index contributed by atoms with van der Waals surface area (Å²) >= 11 is 0. The first kappa shape index (κ1) is 16.0. The highest BCUT2D eigenvalue weighted by Crippen LogP contribution is 2.14. The molecule has 1 fully saturated rings. The molecule has 0 spiro atoms. The van der Waals surface area contributed by atoms with Crippen molar-refractivity contribution in [3.8, 4) is 0 Å². The van der Waals surface area contributed by atoms with Crippen molar-refractivity contribution >= 4 is 5.91 Å². The van der Waals surface area contributed by atoms with Crippen molar-refractivity contribution < 1.29 is 4.79 Å². The van der Waals surface area contributed by atoms with Crippen molar-refractivity contribution in [2.45, 2.75) is 20.8 Å². The molecule has 4 nitrogen and oxygen atoms in total. The number of piperazine rings is 1. The lowest BCUT2D eigenvalue weighted by Gasteiger charge is -2.36. The molecule has 1 heterocycles. The Hall–Kier alpha value is -1.39. The Labute approximate surface area is 127 Å². The first-order chi connectivity index (χ1) is 10.0. The van der Waals surface area contributed by atoms with Crippen molar-refractivity contribution in [1.82, 2.24) is 9.80 Å². The van der Waals surface area contributed by atoms with Crippen molar-refractivity contribution in [3.63, 3.8) is 0 Å². The van der Waals surface area contributed by atoms with Crippen LogP contribution in [0.1, 0.15) is 28.4 Å². The van der Waals surface area contributed by atoms with E-state index in [0.717, 1.165) is 44.8 Å². The molecular formula is C17H27N3O. The van der Waals surface area contributed by atoms with Crippen LogP contribution in [0, 0.1) is 19.8 Å². The zero-order chi connectivity index (χ0) is 15.4. The monoisotopic (exact) mass is 289 g/mol. The molecule has 1 amide bonds. The summed E-state index contributed by atoms with van der Waals surface area (Å²) in [5.41, 5.74) is 8.89. The SMILES string of the molecule is Cc1ccc(C(=O)N2CCN(CC(C)CN)CC2)cc1C. The molecule has 2 N–H and O–H groups in total. The maximum Gasteiger partial charge on any atom is 0.253 e. The average molecular weight is 289 g/mol. The first-order valence-corrected chi connectivity index (χ1v) is 7.80. The van der Waals surface area contributed by atoms with Gasteiger partial charge in [0.15, 0.2) is 0 Å². The molecule has 1 saturated heterocycles. The number of carbonyl (C=O) groups is 1. The van der Waals surface area contributed by atoms with Gasteiger partial charge in [-0.15, -0.1) is 0 Å². The Kier molecular flexibility index (Phi) is 5.37. The first-order valence-electron chi connectivity index (χ1n) is 7.80. The van der Waals surface area contributed by atoms with Crippen LogP contribution < -0.4 is 5.73 Å². The Morgan fingerprint density at radius 3 is 2.43 bits per heavy atom. The number of nitrogens with two attached hydrogens (primary N) is 1. The lowest BCUT2D eigenvalue weighted by molar-refractivity contribution is 0.0622. The summed E-state index contributed by atoms with van der Waals surface area (Å²) in [5, 5.41) is 0. The van der Waals surface area contributed by atoms with Crippen LogP contribution in [-0.2, 0) is 0 Å². The van der Waals surface area contributed by atoms with E-state index in [1.54, 1.807) is 0 Å². The van der Waals surface area contributed by atoms with Gasteiger partial charge in [0.05, 0.1) is 0 Å². The van der Waals surface area contributed by atoms with Crippen LogP contribution >= 0.6 is 0 Å². The number of aryl methyl sites for hydroxylation is 2. The van der Waals surface area contributed by atoms with Crippen molar-refractivity contribution in [2.75, 3.05) is 39.3 Å². The van der Waals surface area contributed by atoms with E-state index >= 15 is 0 Å². The molecule has 21 heavy (non-hydrogen) atoms. The molecule has 1 atom stereocenters. The molecule has 1 aromatic rings. The second kappa shape index (κ2) is 7.05. The van der Waals surface area contributed by atoms with E-state index in [9.17, 15) is 4.79 Å². The lowest BCUT2D eigenvalue weighted by atomic mass is 10.1. The average Bonchev–Trinajstić information content (AvgIpc) is 2.50. The molecule has 2 rings (SSSR count). The second-order valence-corrected chi connectivity index (χ2v) is 6.23. The van der Waals surface area contributed by atoms with Gasteiger partial charge in [0, 0.05) is 38.3 Å². The zero-order valence-corrected chi connectivity index (χ0v) is 13.4. The van der Waals surface area contributed by atoms with E-state index in [2.05, 4.69) is 25.7 Å². The number of nitrogens with zero attached hydrogens (tertiary/aromatic N) is 2. The third-order valence-corrected chi connectivity index (χ3v) is 4.39. The molecule has 1 aromatic carbocycles. The van der Waals surface area contributed by atoms with Crippen LogP contribution in [0.3, 0.4) is 0 Å². The Morgan fingerprint density at radius 2 is 1.86 bits per heavy atom. The van der Waals surface area contributed by atoms with E-state index < -0.39 is 0 Å². The summed E-state index contributed by atoms with van der Waals surface area (Å²) < 4.78 is 0. The minimum absolute atomic E-state index is 0.157. The van der Waals surface area contributed by atoms with E-state index in [4.69, 9.17) is 5.73 Å². The number of benzene rings is 1. The van der Waals surface area contributed by atoms with E-state index in [0.29, 0.717) is 5.92 Å². The van der Waals surface area contributed by atoms with Crippen molar-refractivity contribution in [1.29, 1.82) is 0 Å². The van der Waals surface area contributed by atoms with Gasteiger partial charge in [0.25, 0.3) is 5.91 Å². The predicted molar refractivity (Wildman–Crippen MR) is 86.5 cm³/mol. The van der Waals surface area contributed by atoms with Crippen LogP contribution in [0.25, 0.3) is 0 Å². The predicted octanol–water partition coefficient (Wildman–Crippen LogP) is 1.66. The molecule has 0 bridgehead atoms. The van der Waals surface area contributed by atoms with Gasteiger partial charge < -0.3 is 10.6 Å². The molecular weight excluding hydrogens is 262 g/mol. The summed E-state index contributed by atoms with van der Waals surface area (Å²) in [6.45, 7) is 11.6. The van der Waals surface area contributed by atoms with Crippen LogP contribution in [0.5, 0.6) is 0 Å². The van der Waals surface area contributed by atoms with E-state index in [1.165, 1.54) is 11.1 Å². The number of carbonyl (C=O) groups excluding carboxylic acids is 1. The standard InChI is InChI=1S/C17H27N3O/c1-13(11-18)12-19-6-8-20(9-7-19)17(21)16-5-4-14(2)15(3)10-16/h4-5,10,13H,6-9,11-12,18H2,1-3H3. The van der Waals surface area contributed by atoms with E-state index in [-0.39, 0.29) is 5.91 Å². The summed E-state index contributed by atoms with van der Waals surface area (Å²) in [6.07, 6.45) is 0. The minimum atomic E-state index is 0.157. The third-order valence-electron chi connectivity index (χ3n) is 4.39. The second-order valence-electron chi connectivity index (χ2n) is 6.23. The Morgan fingerprint density at radius 1 is 1.19 bits per heavy atom. The third kappa shape index (κ3) is 4.05. The maximum atomic E-state index is 12.5. The molecule has 1 aliphatic rings. The van der Waals surface area contributed by atoms with Gasteiger partial charge in [-0.1, -0.05) is 13.0 Å². The van der Waals surface area contributed by atoms with Gasteiger partial charge in [0.1, 0.15) is 0 Å². The van der Waals surface area contributed by atoms with Gasteiger partial charge in [-0.3, -0.25) is 9.69 Å². The van der Waals surface area contributed by atoms with Crippen molar-refractivity contribution in [2.24, 2.45) is 11.7 Å². The molecule has 0 saturated carbocycles. The Bertz CT molecular complexity index is 493. The van der Waals surface area contributed by atoms with Gasteiger partial charge in [0.2, 0.25) is 0 Å². The molecule has 4 heteroatoms. The van der Waals surface area contributed by atoms with Crippen LogP contribution in [0.15, 0.2) is 18.2 Å². The normalized spacial score (nSPS) is 17.8. The van der Waals surface area contributed by atoms with Gasteiger partial charge in [-0.05, 0) is 49.6 Å². The molecule has 0 aromatic heterocycles. The fourth-order valence-electron chi connectivity index (χ4n) is 2.71. The summed E-state index contributed by atoms with van der Waals surface area (Å²) in [5.74, 6) is 0.677. The molecule has 116 valence electrons. The highest BCUT2D eigenvalue weighted by Gasteiger charge is 2.22. The lowest BCUT2D eigenvalue weighted by Crippen LogP contribution is -2.50. The maximum absolute atomic E-state index is 12.5. The van der Waals surface area contributed by atoms with Gasteiger partial charge in [-0.25, -0.2) is 0 Å². The Balaban J connectivity index is 1.92. The highest BCUT2D eigenvalue weighted by molar-refractivity contribution is 5.94. The summed E-state index contributed by atoms with van der Waals surface area (Å²) in [4.78, 5) is 16.9. The topological polar surface area (TPSA) is 49.6 Å². The van der Waals surface area contributed by atoms with Crippen LogP contribution in [0.4, 0.5) is 0 Å². The number of hydrogen-bond donors (Lipinski definition) is 1. The highest BCUT2D eigenvalue weighted by atomic mass is 16.2. The minimum Gasteiger partial charge on any atom is -0.336 e. The van der Waals surface area contributed by atoms with E-state index in [1.807, 2.05) is 23.1 Å². The van der Waals surface area contributed by atoms with Crippen molar-refractivity contribution in [3.05, 3.63) is 34.9 Å². The molecule has 0 aliphatic carbocycles. The molecule has 1 aliphatic heterocycles. The van der Waals surface area contributed by atoms with Gasteiger partial charge in [-0.2, -0.15) is 0 Å². The number of hydrogen-bond acceptors (Lipinski definition) is 3. The van der Waals surface area contributed by atoms with Crippen LogP contribution in [0.2, 0.25) is 0 Å². The number of rotatable bonds is 4. The quantitative estimate of drug-likeness (QED) is 0.917. The molecule has 1 unspecified atom stereocenters. The fraction of sp³-hybridized carbons (Fsp3) is 0.588. The zero-order valence-electron chi connectivity index (χ0n) is 13.4. The fourth-order valence-corrected chi connectivity index (χ4v) is 2.71. The van der Waals surface area contributed by atoms with Gasteiger partial charge >= 0.3 is 0 Å². The smallest absolute Gasteiger partial charge is 0.253 e. The van der Waals surface area contributed by atoms with Crippen LogP contribution in [-0.4, -0.2) is 55.0 Å². The number of amides is 1. The summed E-state index contributed by atoms with van der Waals surface area (Å²) in [6, 6.07) is 5.97.